The van der Waals surface area contributed by atoms with Gasteiger partial charge in [-0.05, 0) is 55.7 Å². The van der Waals surface area contributed by atoms with Crippen molar-refractivity contribution in [1.82, 2.24) is 4.98 Å². The lowest BCUT2D eigenvalue weighted by atomic mass is 9.95. The average molecular weight is 389 g/mol. The molecular formula is C22H23N5O2. The second kappa shape index (κ2) is 8.31. The topological polar surface area (TPSA) is 89.3 Å². The van der Waals surface area contributed by atoms with Gasteiger partial charge >= 0.3 is 0 Å². The number of aromatic nitrogens is 1. The number of rotatable bonds is 4. The van der Waals surface area contributed by atoms with E-state index in [2.05, 4.69) is 21.3 Å². The van der Waals surface area contributed by atoms with E-state index in [-0.39, 0.29) is 17.7 Å². The van der Waals surface area contributed by atoms with Crippen LogP contribution in [-0.2, 0) is 9.59 Å². The summed E-state index contributed by atoms with van der Waals surface area (Å²) in [4.78, 5) is 32.7. The van der Waals surface area contributed by atoms with Crippen LogP contribution >= 0.6 is 0 Å². The van der Waals surface area contributed by atoms with Crippen LogP contribution in [0.5, 0.6) is 0 Å². The Bertz CT molecular complexity index is 925. The van der Waals surface area contributed by atoms with Crippen LogP contribution in [-0.4, -0.2) is 36.4 Å². The van der Waals surface area contributed by atoms with Gasteiger partial charge in [-0.1, -0.05) is 0 Å². The first-order valence-corrected chi connectivity index (χ1v) is 9.96. The van der Waals surface area contributed by atoms with Gasteiger partial charge < -0.3 is 15.1 Å². The number of nitrogens with one attached hydrogen (secondary N) is 1. The number of benzene rings is 1. The lowest BCUT2D eigenvalue weighted by Crippen LogP contribution is -2.38. The summed E-state index contributed by atoms with van der Waals surface area (Å²) in [7, 11) is 0. The van der Waals surface area contributed by atoms with E-state index in [1.54, 1.807) is 17.2 Å². The molecule has 2 fully saturated rings. The molecule has 7 heteroatoms. The van der Waals surface area contributed by atoms with Crippen molar-refractivity contribution in [1.29, 1.82) is 5.26 Å². The molecule has 2 saturated heterocycles. The lowest BCUT2D eigenvalue weighted by molar-refractivity contribution is -0.120. The van der Waals surface area contributed by atoms with Gasteiger partial charge in [-0.3, -0.25) is 9.59 Å². The maximum absolute atomic E-state index is 12.6. The first-order valence-electron chi connectivity index (χ1n) is 9.96. The van der Waals surface area contributed by atoms with E-state index in [0.29, 0.717) is 12.0 Å². The van der Waals surface area contributed by atoms with Crippen LogP contribution in [0.25, 0.3) is 0 Å². The predicted octanol–water partition coefficient (Wildman–Crippen LogP) is 2.94. The van der Waals surface area contributed by atoms with Gasteiger partial charge in [0.2, 0.25) is 11.8 Å². The van der Waals surface area contributed by atoms with Crippen LogP contribution in [0.15, 0.2) is 42.6 Å². The highest BCUT2D eigenvalue weighted by molar-refractivity contribution is 5.96. The number of amides is 2. The van der Waals surface area contributed by atoms with E-state index in [9.17, 15) is 9.59 Å². The molecule has 2 aliphatic heterocycles. The van der Waals surface area contributed by atoms with Gasteiger partial charge in [-0.25, -0.2) is 4.98 Å². The standard InChI is InChI=1S/C22H23N5O2/c23-14-16-3-8-20(24-15-16)26-12-9-17(10-13-26)22(29)25-18-4-6-19(7-5-18)27-11-1-2-21(27)28/h3-8,15,17H,1-2,9-13H2,(H,25,29). The first-order chi connectivity index (χ1) is 14.1. The lowest BCUT2D eigenvalue weighted by Gasteiger charge is -2.32. The second-order valence-electron chi connectivity index (χ2n) is 7.46. The molecule has 29 heavy (non-hydrogen) atoms. The van der Waals surface area contributed by atoms with Crippen LogP contribution < -0.4 is 15.1 Å². The SMILES string of the molecule is N#Cc1ccc(N2CCC(C(=O)Nc3ccc(N4CCCC4=O)cc3)CC2)nc1. The predicted molar refractivity (Wildman–Crippen MR) is 111 cm³/mol. The Morgan fingerprint density at radius 3 is 2.45 bits per heavy atom. The van der Waals surface area contributed by atoms with Gasteiger partial charge in [-0.15, -0.1) is 0 Å². The smallest absolute Gasteiger partial charge is 0.227 e. The van der Waals surface area contributed by atoms with E-state index in [4.69, 9.17) is 5.26 Å². The Hall–Kier alpha value is -3.40. The van der Waals surface area contributed by atoms with E-state index in [0.717, 1.165) is 56.1 Å². The zero-order valence-corrected chi connectivity index (χ0v) is 16.2. The molecule has 2 amide bonds. The largest absolute Gasteiger partial charge is 0.357 e. The molecule has 148 valence electrons. The highest BCUT2D eigenvalue weighted by Crippen LogP contribution is 2.25. The molecule has 0 bridgehead atoms. The molecule has 1 aromatic carbocycles. The molecule has 0 unspecified atom stereocenters. The minimum Gasteiger partial charge on any atom is -0.357 e. The summed E-state index contributed by atoms with van der Waals surface area (Å²) < 4.78 is 0. The van der Waals surface area contributed by atoms with Crippen molar-refractivity contribution in [3.63, 3.8) is 0 Å². The third-order valence-electron chi connectivity index (χ3n) is 5.59. The minimum atomic E-state index is -0.0375. The molecule has 0 spiro atoms. The fourth-order valence-corrected chi connectivity index (χ4v) is 3.90. The van der Waals surface area contributed by atoms with E-state index >= 15 is 0 Å². The summed E-state index contributed by atoms with van der Waals surface area (Å²) in [6.45, 7) is 2.28. The summed E-state index contributed by atoms with van der Waals surface area (Å²) in [5, 5.41) is 11.9. The minimum absolute atomic E-state index is 0.0300. The number of carbonyl (C=O) groups excluding carboxylic acids is 2. The normalized spacial score (nSPS) is 17.3. The van der Waals surface area contributed by atoms with E-state index < -0.39 is 0 Å². The van der Waals surface area contributed by atoms with E-state index in [1.807, 2.05) is 30.3 Å². The van der Waals surface area contributed by atoms with Crippen molar-refractivity contribution in [3.8, 4) is 6.07 Å². The number of anilines is 3. The molecule has 0 saturated carbocycles. The number of piperidine rings is 1. The van der Waals surface area contributed by atoms with Gasteiger partial charge in [0.25, 0.3) is 0 Å². The molecule has 7 nitrogen and oxygen atoms in total. The Labute approximate surface area is 169 Å². The number of hydrogen-bond acceptors (Lipinski definition) is 5. The van der Waals surface area contributed by atoms with Gasteiger partial charge in [0.1, 0.15) is 11.9 Å². The average Bonchev–Trinajstić information content (AvgIpc) is 3.20. The van der Waals surface area contributed by atoms with Gasteiger partial charge in [0.15, 0.2) is 0 Å². The second-order valence-corrected chi connectivity index (χ2v) is 7.46. The Kier molecular flexibility index (Phi) is 5.43. The molecule has 3 heterocycles. The van der Waals surface area contributed by atoms with Crippen molar-refractivity contribution in [3.05, 3.63) is 48.2 Å². The number of carbonyl (C=O) groups is 2. The van der Waals surface area contributed by atoms with Crippen LogP contribution in [0.2, 0.25) is 0 Å². The molecule has 0 atom stereocenters. The van der Waals surface area contributed by atoms with Crippen molar-refractivity contribution in [2.24, 2.45) is 5.92 Å². The molecule has 1 aromatic heterocycles. The number of nitrogens with zero attached hydrogens (tertiary/aromatic N) is 4. The first kappa shape index (κ1) is 18.9. The highest BCUT2D eigenvalue weighted by atomic mass is 16.2. The maximum atomic E-state index is 12.6. The molecule has 0 radical (unpaired) electrons. The van der Waals surface area contributed by atoms with Crippen molar-refractivity contribution in [2.75, 3.05) is 34.8 Å². The molecule has 4 rings (SSSR count). The number of hydrogen-bond donors (Lipinski definition) is 1. The van der Waals surface area contributed by atoms with Crippen molar-refractivity contribution >= 4 is 29.0 Å². The van der Waals surface area contributed by atoms with Gasteiger partial charge in [0.05, 0.1) is 5.56 Å². The fraction of sp³-hybridized carbons (Fsp3) is 0.364. The maximum Gasteiger partial charge on any atom is 0.227 e. The highest BCUT2D eigenvalue weighted by Gasteiger charge is 2.26. The number of nitriles is 1. The van der Waals surface area contributed by atoms with Crippen molar-refractivity contribution in [2.45, 2.75) is 25.7 Å². The third kappa shape index (κ3) is 4.21. The Morgan fingerprint density at radius 1 is 1.10 bits per heavy atom. The van der Waals surface area contributed by atoms with Crippen LogP contribution in [0.1, 0.15) is 31.2 Å². The zero-order chi connectivity index (χ0) is 20.2. The number of pyridine rings is 1. The summed E-state index contributed by atoms with van der Waals surface area (Å²) in [5.74, 6) is 0.993. The zero-order valence-electron chi connectivity index (χ0n) is 16.2. The summed E-state index contributed by atoms with van der Waals surface area (Å²) >= 11 is 0. The fourth-order valence-electron chi connectivity index (χ4n) is 3.90. The Balaban J connectivity index is 1.30. The van der Waals surface area contributed by atoms with Crippen molar-refractivity contribution < 1.29 is 9.59 Å². The molecular weight excluding hydrogens is 366 g/mol. The molecule has 1 N–H and O–H groups in total. The van der Waals surface area contributed by atoms with E-state index in [1.165, 1.54) is 0 Å². The van der Waals surface area contributed by atoms with Gasteiger partial charge in [-0.2, -0.15) is 5.26 Å². The monoisotopic (exact) mass is 389 g/mol. The van der Waals surface area contributed by atoms with Crippen LogP contribution in [0.3, 0.4) is 0 Å². The summed E-state index contributed by atoms with van der Waals surface area (Å²) in [6, 6.07) is 13.2. The summed E-state index contributed by atoms with van der Waals surface area (Å²) in [5.41, 5.74) is 2.18. The summed E-state index contributed by atoms with van der Waals surface area (Å²) in [6.07, 6.45) is 4.60. The molecule has 2 aromatic rings. The Morgan fingerprint density at radius 2 is 1.86 bits per heavy atom. The third-order valence-corrected chi connectivity index (χ3v) is 5.59. The van der Waals surface area contributed by atoms with Gasteiger partial charge in [0, 0.05) is 49.5 Å². The van der Waals surface area contributed by atoms with Crippen LogP contribution in [0, 0.1) is 17.2 Å². The molecule has 2 aliphatic rings. The molecule has 0 aliphatic carbocycles. The quantitative estimate of drug-likeness (QED) is 0.868. The van der Waals surface area contributed by atoms with Crippen LogP contribution in [0.4, 0.5) is 17.2 Å².